The van der Waals surface area contributed by atoms with Crippen molar-refractivity contribution in [1.82, 2.24) is 14.7 Å². The van der Waals surface area contributed by atoms with E-state index in [1.165, 1.54) is 4.90 Å². The SMILES string of the molecule is O=C(O)N1CCc2nn3c(c2C1)C(O)CCCC3. The summed E-state index contributed by atoms with van der Waals surface area (Å²) in [5.41, 5.74) is 2.73. The van der Waals surface area contributed by atoms with E-state index in [0.29, 0.717) is 19.5 Å². The van der Waals surface area contributed by atoms with Crippen molar-refractivity contribution in [1.29, 1.82) is 0 Å². The Morgan fingerprint density at radius 2 is 2.17 bits per heavy atom. The van der Waals surface area contributed by atoms with Crippen molar-refractivity contribution in [3.05, 3.63) is 17.0 Å². The summed E-state index contributed by atoms with van der Waals surface area (Å²) in [5, 5.41) is 23.8. The zero-order valence-corrected chi connectivity index (χ0v) is 10.2. The van der Waals surface area contributed by atoms with E-state index in [4.69, 9.17) is 5.11 Å². The van der Waals surface area contributed by atoms with Crippen LogP contribution in [-0.4, -0.2) is 37.5 Å². The minimum atomic E-state index is -0.899. The first kappa shape index (κ1) is 11.5. The van der Waals surface area contributed by atoms with Gasteiger partial charge in [-0.3, -0.25) is 4.68 Å². The van der Waals surface area contributed by atoms with Crippen LogP contribution >= 0.6 is 0 Å². The first-order valence-electron chi connectivity index (χ1n) is 6.41. The maximum Gasteiger partial charge on any atom is 0.407 e. The summed E-state index contributed by atoms with van der Waals surface area (Å²) in [6, 6.07) is 0. The number of hydrogen-bond donors (Lipinski definition) is 2. The van der Waals surface area contributed by atoms with E-state index in [9.17, 15) is 9.90 Å². The minimum absolute atomic E-state index is 0.358. The van der Waals surface area contributed by atoms with Crippen LogP contribution in [0.4, 0.5) is 4.79 Å². The van der Waals surface area contributed by atoms with Crippen LogP contribution in [0.5, 0.6) is 0 Å². The fourth-order valence-electron chi connectivity index (χ4n) is 2.89. The van der Waals surface area contributed by atoms with Crippen LogP contribution in [-0.2, 0) is 19.5 Å². The third kappa shape index (κ3) is 1.77. The Hall–Kier alpha value is -1.56. The highest BCUT2D eigenvalue weighted by Gasteiger charge is 2.30. The van der Waals surface area contributed by atoms with Gasteiger partial charge in [0.25, 0.3) is 0 Å². The van der Waals surface area contributed by atoms with E-state index in [0.717, 1.165) is 42.8 Å². The van der Waals surface area contributed by atoms with Gasteiger partial charge in [0.2, 0.25) is 0 Å². The summed E-state index contributed by atoms with van der Waals surface area (Å²) in [5.74, 6) is 0. The topological polar surface area (TPSA) is 78.6 Å². The molecule has 0 fully saturated rings. The highest BCUT2D eigenvalue weighted by molar-refractivity contribution is 5.65. The van der Waals surface area contributed by atoms with Crippen LogP contribution in [0, 0.1) is 0 Å². The minimum Gasteiger partial charge on any atom is -0.465 e. The smallest absolute Gasteiger partial charge is 0.407 e. The average Bonchev–Trinajstić information content (AvgIpc) is 2.61. The maximum atomic E-state index is 11.0. The van der Waals surface area contributed by atoms with Crippen LogP contribution in [0.15, 0.2) is 0 Å². The normalized spacial score (nSPS) is 23.2. The van der Waals surface area contributed by atoms with Crippen LogP contribution in [0.1, 0.15) is 42.3 Å². The molecule has 2 aliphatic rings. The second-order valence-corrected chi connectivity index (χ2v) is 5.00. The number of carboxylic acid groups (broad SMARTS) is 1. The molecule has 0 radical (unpaired) electrons. The number of hydrogen-bond acceptors (Lipinski definition) is 3. The molecule has 6 nitrogen and oxygen atoms in total. The van der Waals surface area contributed by atoms with Crippen LogP contribution in [0.2, 0.25) is 0 Å². The monoisotopic (exact) mass is 251 g/mol. The molecule has 0 aliphatic carbocycles. The molecule has 1 unspecified atom stereocenters. The molecule has 1 atom stereocenters. The van der Waals surface area contributed by atoms with Crippen molar-refractivity contribution in [3.8, 4) is 0 Å². The van der Waals surface area contributed by atoms with Gasteiger partial charge in [-0.25, -0.2) is 4.79 Å². The fourth-order valence-corrected chi connectivity index (χ4v) is 2.89. The molecule has 0 saturated carbocycles. The van der Waals surface area contributed by atoms with Crippen molar-refractivity contribution < 1.29 is 15.0 Å². The van der Waals surface area contributed by atoms with Gasteiger partial charge < -0.3 is 15.1 Å². The van der Waals surface area contributed by atoms with Crippen molar-refractivity contribution in [2.75, 3.05) is 6.54 Å². The van der Waals surface area contributed by atoms with Crippen molar-refractivity contribution in [2.24, 2.45) is 0 Å². The number of aryl methyl sites for hydroxylation is 1. The van der Waals surface area contributed by atoms with E-state index < -0.39 is 12.2 Å². The van der Waals surface area contributed by atoms with Gasteiger partial charge in [0, 0.05) is 25.1 Å². The third-order valence-corrected chi connectivity index (χ3v) is 3.83. The van der Waals surface area contributed by atoms with E-state index in [2.05, 4.69) is 5.10 Å². The predicted octanol–water partition coefficient (Wildman–Crippen LogP) is 1.14. The predicted molar refractivity (Wildman–Crippen MR) is 63.2 cm³/mol. The summed E-state index contributed by atoms with van der Waals surface area (Å²) in [6.45, 7) is 1.68. The lowest BCUT2D eigenvalue weighted by molar-refractivity contribution is 0.136. The van der Waals surface area contributed by atoms with Gasteiger partial charge in [0.05, 0.1) is 24.0 Å². The summed E-state index contributed by atoms with van der Waals surface area (Å²) in [4.78, 5) is 12.4. The van der Waals surface area contributed by atoms with Gasteiger partial charge in [0.15, 0.2) is 0 Å². The lowest BCUT2D eigenvalue weighted by atomic mass is 10.0. The zero-order valence-electron chi connectivity index (χ0n) is 10.2. The van der Waals surface area contributed by atoms with E-state index in [-0.39, 0.29) is 0 Å². The Labute approximate surface area is 105 Å². The largest absolute Gasteiger partial charge is 0.465 e. The Balaban J connectivity index is 2.00. The van der Waals surface area contributed by atoms with E-state index in [1.54, 1.807) is 0 Å². The van der Waals surface area contributed by atoms with Gasteiger partial charge in [-0.1, -0.05) is 0 Å². The zero-order chi connectivity index (χ0) is 12.7. The average molecular weight is 251 g/mol. The molecule has 0 bridgehead atoms. The molecule has 0 aromatic carbocycles. The number of carbonyl (C=O) groups is 1. The van der Waals surface area contributed by atoms with Crippen LogP contribution < -0.4 is 0 Å². The summed E-state index contributed by atoms with van der Waals surface area (Å²) in [7, 11) is 0. The lowest BCUT2D eigenvalue weighted by Crippen LogP contribution is -2.35. The first-order valence-corrected chi connectivity index (χ1v) is 6.41. The van der Waals surface area contributed by atoms with Gasteiger partial charge in [-0.05, 0) is 19.3 Å². The maximum absolute atomic E-state index is 11.0. The highest BCUT2D eigenvalue weighted by Crippen LogP contribution is 2.31. The lowest BCUT2D eigenvalue weighted by Gasteiger charge is -2.24. The van der Waals surface area contributed by atoms with Crippen molar-refractivity contribution in [2.45, 2.75) is 44.9 Å². The molecular weight excluding hydrogens is 234 g/mol. The highest BCUT2D eigenvalue weighted by atomic mass is 16.4. The molecule has 1 amide bonds. The molecule has 18 heavy (non-hydrogen) atoms. The Morgan fingerprint density at radius 3 is 2.94 bits per heavy atom. The van der Waals surface area contributed by atoms with Crippen molar-refractivity contribution >= 4 is 6.09 Å². The van der Waals surface area contributed by atoms with E-state index >= 15 is 0 Å². The summed E-state index contributed by atoms with van der Waals surface area (Å²) in [6.07, 6.45) is 2.00. The number of aromatic nitrogens is 2. The van der Waals surface area contributed by atoms with Gasteiger partial charge >= 0.3 is 6.09 Å². The number of aliphatic hydroxyl groups excluding tert-OH is 1. The molecule has 3 heterocycles. The first-order chi connectivity index (χ1) is 8.66. The molecular formula is C12H17N3O3. The molecule has 3 rings (SSSR count). The molecule has 2 N–H and O–H groups in total. The second-order valence-electron chi connectivity index (χ2n) is 5.00. The number of aliphatic hydroxyl groups is 1. The summed E-state index contributed by atoms with van der Waals surface area (Å²) < 4.78 is 1.88. The van der Waals surface area contributed by atoms with Gasteiger partial charge in [-0.2, -0.15) is 5.10 Å². The molecule has 0 spiro atoms. The van der Waals surface area contributed by atoms with Gasteiger partial charge in [0.1, 0.15) is 0 Å². The molecule has 2 aliphatic heterocycles. The third-order valence-electron chi connectivity index (χ3n) is 3.83. The Kier molecular flexibility index (Phi) is 2.74. The fraction of sp³-hybridized carbons (Fsp3) is 0.667. The molecule has 1 aromatic rings. The molecule has 0 saturated heterocycles. The quantitative estimate of drug-likeness (QED) is 0.724. The van der Waals surface area contributed by atoms with E-state index in [1.807, 2.05) is 4.68 Å². The Morgan fingerprint density at radius 1 is 1.33 bits per heavy atom. The Bertz CT molecular complexity index is 483. The van der Waals surface area contributed by atoms with Crippen LogP contribution in [0.3, 0.4) is 0 Å². The molecule has 1 aromatic heterocycles. The van der Waals surface area contributed by atoms with Gasteiger partial charge in [-0.15, -0.1) is 0 Å². The number of amides is 1. The standard InChI is InChI=1S/C12H17N3O3/c16-10-3-1-2-5-15-11(10)8-7-14(12(17)18)6-4-9(8)13-15/h10,16H,1-7H2,(H,17,18). The number of rotatable bonds is 0. The van der Waals surface area contributed by atoms with Crippen molar-refractivity contribution in [3.63, 3.8) is 0 Å². The molecule has 6 heteroatoms. The van der Waals surface area contributed by atoms with Crippen LogP contribution in [0.25, 0.3) is 0 Å². The number of nitrogens with zero attached hydrogens (tertiary/aromatic N) is 3. The molecule has 98 valence electrons. The second kappa shape index (κ2) is 4.28. The summed E-state index contributed by atoms with van der Waals surface area (Å²) >= 11 is 0. The number of fused-ring (bicyclic) bond motifs is 3.